The average Bonchev–Trinajstić information content (AvgIpc) is 3.32. The van der Waals surface area contributed by atoms with E-state index in [0.717, 1.165) is 11.3 Å². The molecule has 0 spiro atoms. The fourth-order valence-corrected chi connectivity index (χ4v) is 4.32. The molecule has 0 aliphatic heterocycles. The number of hydrogen-bond donors (Lipinski definition) is 3. The molecule has 0 bridgehead atoms. The molecule has 1 unspecified atom stereocenters. The van der Waals surface area contributed by atoms with E-state index in [0.29, 0.717) is 23.7 Å². The number of hydrogen-bond acceptors (Lipinski definition) is 6. The van der Waals surface area contributed by atoms with Crippen molar-refractivity contribution in [2.45, 2.75) is 30.7 Å². The van der Waals surface area contributed by atoms with E-state index in [9.17, 15) is 13.2 Å². The second kappa shape index (κ2) is 11.0. The average molecular weight is 473 g/mol. The number of amides is 1. The van der Waals surface area contributed by atoms with Crippen LogP contribution in [0.5, 0.6) is 11.5 Å². The number of carbonyl (C=O) groups is 1. The van der Waals surface area contributed by atoms with Gasteiger partial charge < -0.3 is 19.8 Å². The van der Waals surface area contributed by atoms with Crippen molar-refractivity contribution in [1.82, 2.24) is 20.0 Å². The normalized spacial score (nSPS) is 12.2. The predicted octanol–water partition coefficient (Wildman–Crippen LogP) is 3.03. The van der Waals surface area contributed by atoms with Crippen LogP contribution in [0.4, 0.5) is 0 Å². The Morgan fingerprint density at radius 3 is 2.48 bits per heavy atom. The van der Waals surface area contributed by atoms with E-state index < -0.39 is 10.0 Å². The lowest BCUT2D eigenvalue weighted by Gasteiger charge is -2.15. The Morgan fingerprint density at radius 2 is 1.82 bits per heavy atom. The Hall–Kier alpha value is -3.37. The van der Waals surface area contributed by atoms with Crippen LogP contribution in [-0.2, 0) is 14.8 Å². The molecule has 9 nitrogen and oxygen atoms in total. The van der Waals surface area contributed by atoms with Crippen LogP contribution in [0.3, 0.4) is 0 Å². The number of rotatable bonds is 11. The molecule has 0 radical (unpaired) electrons. The van der Waals surface area contributed by atoms with Crippen LogP contribution >= 0.6 is 0 Å². The summed E-state index contributed by atoms with van der Waals surface area (Å²) < 4.78 is 37.9. The molecule has 10 heteroatoms. The number of aromatic amines is 1. The van der Waals surface area contributed by atoms with Gasteiger partial charge in [0.05, 0.1) is 37.0 Å². The third kappa shape index (κ3) is 6.11. The van der Waals surface area contributed by atoms with Crippen LogP contribution in [0.1, 0.15) is 31.6 Å². The third-order valence-electron chi connectivity index (χ3n) is 5.06. The maximum absolute atomic E-state index is 12.6. The Morgan fingerprint density at radius 1 is 1.09 bits per heavy atom. The highest BCUT2D eigenvalue weighted by atomic mass is 32.2. The zero-order valence-corrected chi connectivity index (χ0v) is 19.6. The van der Waals surface area contributed by atoms with Crippen LogP contribution in [0.25, 0.3) is 11.3 Å². The van der Waals surface area contributed by atoms with Gasteiger partial charge in [-0.25, -0.2) is 18.1 Å². The monoisotopic (exact) mass is 472 g/mol. The molecule has 3 N–H and O–H groups in total. The van der Waals surface area contributed by atoms with Crippen LogP contribution in [0.15, 0.2) is 59.6 Å². The Kier molecular flexibility index (Phi) is 8.07. The maximum Gasteiger partial charge on any atom is 0.240 e. The van der Waals surface area contributed by atoms with Gasteiger partial charge in [-0.3, -0.25) is 4.79 Å². The molecule has 2 aromatic carbocycles. The lowest BCUT2D eigenvalue weighted by molar-refractivity contribution is -0.121. The molecule has 33 heavy (non-hydrogen) atoms. The number of sulfonamides is 1. The molecule has 0 fully saturated rings. The van der Waals surface area contributed by atoms with Crippen molar-refractivity contribution in [3.05, 3.63) is 60.6 Å². The van der Waals surface area contributed by atoms with Gasteiger partial charge in [-0.15, -0.1) is 0 Å². The second-order valence-electron chi connectivity index (χ2n) is 7.24. The first kappa shape index (κ1) is 24.3. The van der Waals surface area contributed by atoms with Gasteiger partial charge in [0.1, 0.15) is 5.82 Å². The van der Waals surface area contributed by atoms with Crippen molar-refractivity contribution < 1.29 is 22.7 Å². The number of nitrogens with zero attached hydrogens (tertiary/aromatic N) is 1. The van der Waals surface area contributed by atoms with E-state index in [-0.39, 0.29) is 29.8 Å². The van der Waals surface area contributed by atoms with Gasteiger partial charge in [0.2, 0.25) is 15.9 Å². The van der Waals surface area contributed by atoms with Gasteiger partial charge in [0, 0.05) is 19.0 Å². The molecule has 1 heterocycles. The van der Waals surface area contributed by atoms with E-state index in [1.807, 2.05) is 37.3 Å². The molecule has 3 rings (SSSR count). The zero-order chi connectivity index (χ0) is 23.8. The van der Waals surface area contributed by atoms with Crippen molar-refractivity contribution in [3.8, 4) is 22.8 Å². The Bertz CT molecular complexity index is 1180. The van der Waals surface area contributed by atoms with E-state index in [1.54, 1.807) is 6.20 Å². The second-order valence-corrected chi connectivity index (χ2v) is 9.01. The molecule has 0 saturated heterocycles. The van der Waals surface area contributed by atoms with Gasteiger partial charge in [-0.2, -0.15) is 0 Å². The summed E-state index contributed by atoms with van der Waals surface area (Å²) in [7, 11) is -0.913. The summed E-state index contributed by atoms with van der Waals surface area (Å²) in [6.07, 6.45) is 2.34. The summed E-state index contributed by atoms with van der Waals surface area (Å²) in [5.74, 6) is 1.09. The minimum Gasteiger partial charge on any atom is -0.493 e. The molecule has 176 valence electrons. The number of nitrogens with one attached hydrogen (secondary N) is 3. The number of aromatic nitrogens is 2. The smallest absolute Gasteiger partial charge is 0.240 e. The van der Waals surface area contributed by atoms with Crippen molar-refractivity contribution in [1.29, 1.82) is 0 Å². The number of H-pyrrole nitrogens is 1. The first-order chi connectivity index (χ1) is 15.9. The Labute approximate surface area is 193 Å². The first-order valence-corrected chi connectivity index (χ1v) is 12.0. The molecular weight excluding hydrogens is 444 g/mol. The topological polar surface area (TPSA) is 122 Å². The van der Waals surface area contributed by atoms with Gasteiger partial charge in [0.15, 0.2) is 11.5 Å². The fraction of sp³-hybridized carbons (Fsp3) is 0.304. The summed E-state index contributed by atoms with van der Waals surface area (Å²) in [6, 6.07) is 13.8. The minimum absolute atomic E-state index is 0.0186. The number of imidazole rings is 1. The molecule has 1 amide bonds. The highest BCUT2D eigenvalue weighted by molar-refractivity contribution is 7.89. The zero-order valence-electron chi connectivity index (χ0n) is 18.8. The molecule has 0 aliphatic rings. The maximum atomic E-state index is 12.6. The molecule has 1 atom stereocenters. The Balaban J connectivity index is 1.56. The third-order valence-corrected chi connectivity index (χ3v) is 6.52. The predicted molar refractivity (Wildman–Crippen MR) is 125 cm³/mol. The quantitative estimate of drug-likeness (QED) is 0.394. The van der Waals surface area contributed by atoms with E-state index in [2.05, 4.69) is 20.0 Å². The summed E-state index contributed by atoms with van der Waals surface area (Å²) in [4.78, 5) is 20.1. The highest BCUT2D eigenvalue weighted by Crippen LogP contribution is 2.29. The van der Waals surface area contributed by atoms with Crippen molar-refractivity contribution >= 4 is 15.9 Å². The van der Waals surface area contributed by atoms with Gasteiger partial charge >= 0.3 is 0 Å². The fourth-order valence-electron chi connectivity index (χ4n) is 3.27. The van der Waals surface area contributed by atoms with Crippen molar-refractivity contribution in [2.24, 2.45) is 0 Å². The highest BCUT2D eigenvalue weighted by Gasteiger charge is 2.19. The number of ether oxygens (including phenoxy) is 2. The summed E-state index contributed by atoms with van der Waals surface area (Å²) >= 11 is 0. The molecular formula is C23H28N4O5S. The van der Waals surface area contributed by atoms with Gasteiger partial charge in [0.25, 0.3) is 0 Å². The number of carbonyl (C=O) groups excluding carboxylic acids is 1. The first-order valence-electron chi connectivity index (χ1n) is 10.5. The minimum atomic E-state index is -3.81. The number of benzene rings is 2. The van der Waals surface area contributed by atoms with Crippen molar-refractivity contribution in [3.63, 3.8) is 0 Å². The largest absolute Gasteiger partial charge is 0.493 e. The summed E-state index contributed by atoms with van der Waals surface area (Å²) in [5.41, 5.74) is 1.86. The number of methoxy groups -OCH3 is 2. The lowest BCUT2D eigenvalue weighted by Crippen LogP contribution is -2.33. The summed E-state index contributed by atoms with van der Waals surface area (Å²) in [5, 5.41) is 2.90. The van der Waals surface area contributed by atoms with E-state index >= 15 is 0 Å². The molecule has 3 aromatic rings. The van der Waals surface area contributed by atoms with Gasteiger partial charge in [-0.1, -0.05) is 37.3 Å². The van der Waals surface area contributed by atoms with Crippen LogP contribution < -0.4 is 19.5 Å². The van der Waals surface area contributed by atoms with E-state index in [1.165, 1.54) is 32.4 Å². The molecule has 0 aliphatic carbocycles. The van der Waals surface area contributed by atoms with E-state index in [4.69, 9.17) is 9.47 Å². The lowest BCUT2D eigenvalue weighted by atomic mass is 10.2. The van der Waals surface area contributed by atoms with Crippen LogP contribution in [0.2, 0.25) is 0 Å². The molecule has 0 saturated carbocycles. The molecule has 1 aromatic heterocycles. The van der Waals surface area contributed by atoms with Crippen LogP contribution in [0, 0.1) is 0 Å². The van der Waals surface area contributed by atoms with Crippen molar-refractivity contribution in [2.75, 3.05) is 20.8 Å². The van der Waals surface area contributed by atoms with Crippen LogP contribution in [-0.4, -0.2) is 45.1 Å². The standard InChI is InChI=1S/C23H28N4O5S/c1-4-18(23-24-15-19(27-23)16-8-6-5-7-9-16)26-22(28)12-13-25-33(29,30)17-10-11-20(31-2)21(14-17)32-3/h5-11,14-15,18,25H,4,12-13H2,1-3H3,(H,24,27)(H,26,28). The summed E-state index contributed by atoms with van der Waals surface area (Å²) in [6.45, 7) is 1.89. The SMILES string of the molecule is CCC(NC(=O)CCNS(=O)(=O)c1ccc(OC)c(OC)c1)c1ncc(-c2ccccc2)[nH]1. The van der Waals surface area contributed by atoms with Gasteiger partial charge in [-0.05, 0) is 24.1 Å².